The van der Waals surface area contributed by atoms with Crippen LogP contribution < -0.4 is 0 Å². The second-order valence-electron chi connectivity index (χ2n) is 6.28. The minimum absolute atomic E-state index is 0.212. The predicted octanol–water partition coefficient (Wildman–Crippen LogP) is 3.52. The molecule has 0 saturated carbocycles. The van der Waals surface area contributed by atoms with Crippen LogP contribution >= 0.6 is 0 Å². The molecule has 0 aromatic rings. The van der Waals surface area contributed by atoms with E-state index in [1.807, 2.05) is 0 Å². The lowest BCUT2D eigenvalue weighted by atomic mass is 10.0. The summed E-state index contributed by atoms with van der Waals surface area (Å²) in [6, 6.07) is 0. The van der Waals surface area contributed by atoms with Crippen molar-refractivity contribution in [2.75, 3.05) is 0 Å². The normalized spacial score (nSPS) is 15.5. The second-order valence-corrected chi connectivity index (χ2v) is 6.28. The summed E-state index contributed by atoms with van der Waals surface area (Å²) in [6.45, 7) is 2.08. The number of carbonyl (C=O) groups is 1. The number of aliphatic hydroxyl groups excluding tert-OH is 2. The number of carboxylic acid groups (broad SMARTS) is 1. The first kappa shape index (κ1) is 23.1. The maximum absolute atomic E-state index is 10.4. The van der Waals surface area contributed by atoms with Gasteiger partial charge in [-0.3, -0.25) is 10.1 Å². The smallest absolute Gasteiger partial charge is 0.303 e. The molecule has 0 radical (unpaired) electrons. The first-order valence-corrected chi connectivity index (χ1v) is 9.07. The molecule has 3 unspecified atom stereocenters. The zero-order chi connectivity index (χ0) is 18.2. The van der Waals surface area contributed by atoms with Gasteiger partial charge in [0.15, 0.2) is 0 Å². The summed E-state index contributed by atoms with van der Waals surface area (Å²) in [5.41, 5.74) is 0. The van der Waals surface area contributed by atoms with E-state index in [4.69, 9.17) is 10.4 Å². The summed E-state index contributed by atoms with van der Waals surface area (Å²) in [5.74, 6) is -0.760. The molecule has 0 aliphatic rings. The van der Waals surface area contributed by atoms with Crippen molar-refractivity contribution in [1.82, 2.24) is 0 Å². The first-order chi connectivity index (χ1) is 11.5. The number of unbranched alkanes of at least 4 members (excludes halogenated alkanes) is 6. The highest BCUT2D eigenvalue weighted by Crippen LogP contribution is 2.13. The van der Waals surface area contributed by atoms with E-state index >= 15 is 0 Å². The van der Waals surface area contributed by atoms with E-state index in [0.29, 0.717) is 19.3 Å². The quantitative estimate of drug-likeness (QED) is 0.147. The van der Waals surface area contributed by atoms with Gasteiger partial charge in [-0.25, -0.2) is 4.89 Å². The van der Waals surface area contributed by atoms with Crippen LogP contribution in [0.5, 0.6) is 0 Å². The summed E-state index contributed by atoms with van der Waals surface area (Å²) in [6.07, 6.45) is 9.49. The van der Waals surface area contributed by atoms with Gasteiger partial charge in [-0.2, -0.15) is 0 Å². The lowest BCUT2D eigenvalue weighted by Crippen LogP contribution is -2.24. The fourth-order valence-corrected chi connectivity index (χ4v) is 2.48. The molecular weight excluding hydrogens is 312 g/mol. The SMILES string of the molecule is CCCCCC(O)C(O)C=CC(CCCCCCCC(=O)O)OO. The Morgan fingerprint density at radius 1 is 0.958 bits per heavy atom. The number of rotatable bonds is 16. The highest BCUT2D eigenvalue weighted by atomic mass is 17.1. The van der Waals surface area contributed by atoms with Crippen molar-refractivity contribution < 1.29 is 30.3 Å². The van der Waals surface area contributed by atoms with Crippen LogP contribution in [0.4, 0.5) is 0 Å². The van der Waals surface area contributed by atoms with Crippen LogP contribution in [0.2, 0.25) is 0 Å². The molecule has 0 saturated heterocycles. The molecule has 0 rings (SSSR count). The molecule has 142 valence electrons. The highest BCUT2D eigenvalue weighted by molar-refractivity contribution is 5.66. The highest BCUT2D eigenvalue weighted by Gasteiger charge is 2.13. The molecular formula is C18H34O6. The Morgan fingerprint density at radius 3 is 2.21 bits per heavy atom. The zero-order valence-corrected chi connectivity index (χ0v) is 14.8. The van der Waals surface area contributed by atoms with Gasteiger partial charge < -0.3 is 15.3 Å². The van der Waals surface area contributed by atoms with Crippen LogP contribution in [0.3, 0.4) is 0 Å². The van der Waals surface area contributed by atoms with E-state index < -0.39 is 24.3 Å². The monoisotopic (exact) mass is 346 g/mol. The third-order valence-electron chi connectivity index (χ3n) is 4.04. The molecule has 0 bridgehead atoms. The number of carboxylic acids is 1. The lowest BCUT2D eigenvalue weighted by molar-refractivity contribution is -0.267. The third-order valence-corrected chi connectivity index (χ3v) is 4.04. The van der Waals surface area contributed by atoms with Crippen molar-refractivity contribution in [2.24, 2.45) is 0 Å². The molecule has 0 spiro atoms. The Bertz CT molecular complexity index is 331. The van der Waals surface area contributed by atoms with Gasteiger partial charge in [0.05, 0.1) is 12.2 Å². The van der Waals surface area contributed by atoms with E-state index in [1.54, 1.807) is 6.08 Å². The van der Waals surface area contributed by atoms with E-state index in [0.717, 1.165) is 44.9 Å². The van der Waals surface area contributed by atoms with Crippen molar-refractivity contribution in [2.45, 2.75) is 95.9 Å². The fourth-order valence-electron chi connectivity index (χ4n) is 2.48. The topological polar surface area (TPSA) is 107 Å². The fraction of sp³-hybridized carbons (Fsp3) is 0.833. The summed E-state index contributed by atoms with van der Waals surface area (Å²) in [5, 5.41) is 37.1. The molecule has 6 nitrogen and oxygen atoms in total. The molecule has 0 amide bonds. The van der Waals surface area contributed by atoms with Crippen LogP contribution in [0, 0.1) is 0 Å². The summed E-state index contributed by atoms with van der Waals surface area (Å²) in [7, 11) is 0. The van der Waals surface area contributed by atoms with E-state index in [1.165, 1.54) is 6.08 Å². The van der Waals surface area contributed by atoms with Gasteiger partial charge in [-0.05, 0) is 19.3 Å². The Balaban J connectivity index is 3.85. The maximum Gasteiger partial charge on any atom is 0.303 e. The molecule has 0 aromatic heterocycles. The lowest BCUT2D eigenvalue weighted by Gasteiger charge is -2.15. The second kappa shape index (κ2) is 15.6. The van der Waals surface area contributed by atoms with Gasteiger partial charge in [-0.15, -0.1) is 0 Å². The van der Waals surface area contributed by atoms with Crippen molar-refractivity contribution >= 4 is 5.97 Å². The average Bonchev–Trinajstić information content (AvgIpc) is 2.56. The molecule has 4 N–H and O–H groups in total. The molecule has 24 heavy (non-hydrogen) atoms. The average molecular weight is 346 g/mol. The van der Waals surface area contributed by atoms with Crippen LogP contribution in [0.25, 0.3) is 0 Å². The Kier molecular flexibility index (Phi) is 15.0. The summed E-state index contributed by atoms with van der Waals surface area (Å²) in [4.78, 5) is 14.8. The Morgan fingerprint density at radius 2 is 1.58 bits per heavy atom. The van der Waals surface area contributed by atoms with Gasteiger partial charge in [0.25, 0.3) is 0 Å². The number of hydrogen-bond acceptors (Lipinski definition) is 5. The molecule has 3 atom stereocenters. The van der Waals surface area contributed by atoms with E-state index in [-0.39, 0.29) is 6.42 Å². The number of aliphatic carboxylic acids is 1. The van der Waals surface area contributed by atoms with Gasteiger partial charge in [-0.1, -0.05) is 64.0 Å². The minimum atomic E-state index is -0.949. The third kappa shape index (κ3) is 13.5. The summed E-state index contributed by atoms with van der Waals surface area (Å²) < 4.78 is 0. The Labute approximate surface area is 145 Å². The molecule has 0 aromatic carbocycles. The molecule has 6 heteroatoms. The number of hydrogen-bond donors (Lipinski definition) is 4. The van der Waals surface area contributed by atoms with Gasteiger partial charge in [0.1, 0.15) is 6.10 Å². The Hall–Kier alpha value is -0.950. The predicted molar refractivity (Wildman–Crippen MR) is 92.8 cm³/mol. The van der Waals surface area contributed by atoms with Crippen molar-refractivity contribution in [3.8, 4) is 0 Å². The van der Waals surface area contributed by atoms with Crippen LogP contribution in [-0.2, 0) is 9.68 Å². The van der Waals surface area contributed by atoms with Gasteiger partial charge in [0.2, 0.25) is 0 Å². The van der Waals surface area contributed by atoms with Gasteiger partial charge >= 0.3 is 5.97 Å². The van der Waals surface area contributed by atoms with Crippen molar-refractivity contribution in [1.29, 1.82) is 0 Å². The van der Waals surface area contributed by atoms with Gasteiger partial charge in [0, 0.05) is 6.42 Å². The van der Waals surface area contributed by atoms with Crippen molar-refractivity contribution in [3.05, 3.63) is 12.2 Å². The number of aliphatic hydroxyl groups is 2. The van der Waals surface area contributed by atoms with Crippen molar-refractivity contribution in [3.63, 3.8) is 0 Å². The summed E-state index contributed by atoms with van der Waals surface area (Å²) >= 11 is 0. The largest absolute Gasteiger partial charge is 0.481 e. The van der Waals surface area contributed by atoms with Crippen LogP contribution in [0.15, 0.2) is 12.2 Å². The standard InChI is InChI=1S/C18H34O6/c1-2-3-7-11-16(19)17(20)14-13-15(24-23)10-8-5-4-6-9-12-18(21)22/h13-17,19-20,23H,2-12H2,1H3,(H,21,22). The van der Waals surface area contributed by atoms with E-state index in [9.17, 15) is 15.0 Å². The first-order valence-electron chi connectivity index (χ1n) is 9.07. The minimum Gasteiger partial charge on any atom is -0.481 e. The molecule has 0 heterocycles. The van der Waals surface area contributed by atoms with Crippen LogP contribution in [0.1, 0.15) is 77.6 Å². The van der Waals surface area contributed by atoms with Crippen LogP contribution in [-0.4, -0.2) is 44.9 Å². The molecule has 0 fully saturated rings. The zero-order valence-electron chi connectivity index (χ0n) is 14.8. The molecule has 0 aliphatic carbocycles. The molecule has 0 aliphatic heterocycles. The van der Waals surface area contributed by atoms with E-state index in [2.05, 4.69) is 11.8 Å². The maximum atomic E-state index is 10.4.